The smallest absolute Gasteiger partial charge is 0.237 e. The van der Waals surface area contributed by atoms with E-state index >= 15 is 0 Å². The third kappa shape index (κ3) is 3.11. The molecule has 0 saturated carbocycles. The van der Waals surface area contributed by atoms with Gasteiger partial charge in [-0.3, -0.25) is 0 Å². The molecule has 7 nitrogen and oxygen atoms in total. The van der Waals surface area contributed by atoms with Crippen LogP contribution in [0.4, 0.5) is 11.6 Å². The molecule has 0 atom stereocenters. The lowest BCUT2D eigenvalue weighted by Gasteiger charge is -2.03. The lowest BCUT2D eigenvalue weighted by Crippen LogP contribution is -1.95. The normalized spacial score (nSPS) is 10.7. The van der Waals surface area contributed by atoms with Crippen molar-refractivity contribution < 1.29 is 4.74 Å². The van der Waals surface area contributed by atoms with Gasteiger partial charge in [-0.25, -0.2) is 19.5 Å². The molecule has 0 saturated heterocycles. The van der Waals surface area contributed by atoms with E-state index < -0.39 is 0 Å². The zero-order chi connectivity index (χ0) is 16.4. The number of anilines is 2. The van der Waals surface area contributed by atoms with E-state index in [9.17, 15) is 0 Å². The van der Waals surface area contributed by atoms with Crippen molar-refractivity contribution >= 4 is 28.9 Å². The van der Waals surface area contributed by atoms with E-state index in [0.29, 0.717) is 23.2 Å². The SMILES string of the molecule is Clc1nccc(Nc2cn3nc(Oc4ccccc4)ccc3n2)n1. The molecule has 0 aliphatic rings. The fraction of sp³-hybridized carbons (Fsp3) is 0. The largest absolute Gasteiger partial charge is 0.438 e. The Bertz CT molecular complexity index is 988. The third-order valence-corrected chi connectivity index (χ3v) is 3.33. The van der Waals surface area contributed by atoms with Crippen molar-refractivity contribution in [2.45, 2.75) is 0 Å². The van der Waals surface area contributed by atoms with Crippen molar-refractivity contribution in [1.29, 1.82) is 0 Å². The van der Waals surface area contributed by atoms with Crippen LogP contribution in [0.2, 0.25) is 5.28 Å². The lowest BCUT2D eigenvalue weighted by molar-refractivity contribution is 0.452. The summed E-state index contributed by atoms with van der Waals surface area (Å²) < 4.78 is 7.34. The highest BCUT2D eigenvalue weighted by Crippen LogP contribution is 2.20. The van der Waals surface area contributed by atoms with Gasteiger partial charge in [0.1, 0.15) is 11.6 Å². The Morgan fingerprint density at radius 1 is 0.958 bits per heavy atom. The first kappa shape index (κ1) is 14.4. The number of aromatic nitrogens is 5. The van der Waals surface area contributed by atoms with Gasteiger partial charge < -0.3 is 10.1 Å². The summed E-state index contributed by atoms with van der Waals surface area (Å²) in [6, 6.07) is 14.8. The molecule has 0 spiro atoms. The summed E-state index contributed by atoms with van der Waals surface area (Å²) in [7, 11) is 0. The minimum absolute atomic E-state index is 0.167. The highest BCUT2D eigenvalue weighted by Gasteiger charge is 2.06. The fourth-order valence-electron chi connectivity index (χ4n) is 2.12. The second-order valence-electron chi connectivity index (χ2n) is 4.85. The topological polar surface area (TPSA) is 77.2 Å². The van der Waals surface area contributed by atoms with E-state index in [1.54, 1.807) is 29.0 Å². The molecule has 4 rings (SSSR count). The number of rotatable bonds is 4. The van der Waals surface area contributed by atoms with Crippen molar-refractivity contribution in [3.8, 4) is 11.6 Å². The number of halogens is 1. The minimum Gasteiger partial charge on any atom is -0.438 e. The molecular weight excluding hydrogens is 328 g/mol. The van der Waals surface area contributed by atoms with Crippen LogP contribution in [0.1, 0.15) is 0 Å². The van der Waals surface area contributed by atoms with Crippen LogP contribution >= 0.6 is 11.6 Å². The Morgan fingerprint density at radius 2 is 1.83 bits per heavy atom. The van der Waals surface area contributed by atoms with Crippen LogP contribution in [0.15, 0.2) is 60.9 Å². The van der Waals surface area contributed by atoms with Gasteiger partial charge in [-0.15, -0.1) is 5.10 Å². The first-order valence-corrected chi connectivity index (χ1v) is 7.49. The first-order chi connectivity index (χ1) is 11.8. The Morgan fingerprint density at radius 3 is 2.67 bits per heavy atom. The highest BCUT2D eigenvalue weighted by molar-refractivity contribution is 6.28. The van der Waals surface area contributed by atoms with E-state index in [2.05, 4.69) is 25.4 Å². The Kier molecular flexibility index (Phi) is 3.68. The number of hydrogen-bond donors (Lipinski definition) is 1. The van der Waals surface area contributed by atoms with Gasteiger partial charge in [0, 0.05) is 12.3 Å². The molecular formula is C16H11ClN6O. The van der Waals surface area contributed by atoms with E-state index in [0.717, 1.165) is 5.75 Å². The molecule has 24 heavy (non-hydrogen) atoms. The average Bonchev–Trinajstić information content (AvgIpc) is 2.97. The second kappa shape index (κ2) is 6.13. The molecule has 0 fully saturated rings. The average molecular weight is 339 g/mol. The maximum absolute atomic E-state index is 5.77. The predicted molar refractivity (Wildman–Crippen MR) is 89.8 cm³/mol. The zero-order valence-electron chi connectivity index (χ0n) is 12.3. The van der Waals surface area contributed by atoms with Crippen molar-refractivity contribution in [3.05, 3.63) is 66.2 Å². The molecule has 0 bridgehead atoms. The number of imidazole rings is 1. The van der Waals surface area contributed by atoms with Crippen LogP contribution in [-0.2, 0) is 0 Å². The monoisotopic (exact) mass is 338 g/mol. The maximum Gasteiger partial charge on any atom is 0.237 e. The Labute approximate surface area is 141 Å². The van der Waals surface area contributed by atoms with Crippen molar-refractivity contribution in [2.24, 2.45) is 0 Å². The summed E-state index contributed by atoms with van der Waals surface area (Å²) in [6.07, 6.45) is 3.31. The number of ether oxygens (including phenoxy) is 1. The van der Waals surface area contributed by atoms with Gasteiger partial charge in [0.15, 0.2) is 11.5 Å². The molecule has 4 aromatic rings. The van der Waals surface area contributed by atoms with Gasteiger partial charge in [-0.05, 0) is 35.9 Å². The summed E-state index contributed by atoms with van der Waals surface area (Å²) in [4.78, 5) is 12.3. The summed E-state index contributed by atoms with van der Waals surface area (Å²) in [5.41, 5.74) is 0.679. The van der Waals surface area contributed by atoms with Crippen LogP contribution in [0.5, 0.6) is 11.6 Å². The molecule has 0 amide bonds. The Hall–Kier alpha value is -3.19. The summed E-state index contributed by atoms with van der Waals surface area (Å²) in [5, 5.41) is 7.61. The van der Waals surface area contributed by atoms with Crippen molar-refractivity contribution in [3.63, 3.8) is 0 Å². The summed E-state index contributed by atoms with van der Waals surface area (Å²) in [6.45, 7) is 0. The molecule has 1 aromatic carbocycles. The van der Waals surface area contributed by atoms with Crippen LogP contribution in [0.25, 0.3) is 5.65 Å². The standard InChI is InChI=1S/C16H11ClN6O/c17-16-18-9-8-12(21-16)19-13-10-23-14(20-13)6-7-15(22-23)24-11-4-2-1-3-5-11/h1-10H,(H,18,19,21). The predicted octanol–water partition coefficient (Wildman–Crippen LogP) is 3.71. The van der Waals surface area contributed by atoms with Gasteiger partial charge >= 0.3 is 0 Å². The molecule has 0 radical (unpaired) electrons. The molecule has 0 aliphatic heterocycles. The van der Waals surface area contributed by atoms with Crippen LogP contribution in [-0.4, -0.2) is 24.6 Å². The van der Waals surface area contributed by atoms with Gasteiger partial charge in [-0.1, -0.05) is 18.2 Å². The van der Waals surface area contributed by atoms with Gasteiger partial charge in [0.05, 0.1) is 6.20 Å². The van der Waals surface area contributed by atoms with Crippen molar-refractivity contribution in [2.75, 3.05) is 5.32 Å². The first-order valence-electron chi connectivity index (χ1n) is 7.11. The third-order valence-electron chi connectivity index (χ3n) is 3.14. The molecule has 1 N–H and O–H groups in total. The number of hydrogen-bond acceptors (Lipinski definition) is 6. The molecule has 8 heteroatoms. The summed E-state index contributed by atoms with van der Waals surface area (Å²) >= 11 is 5.77. The van der Waals surface area contributed by atoms with Crippen LogP contribution < -0.4 is 10.1 Å². The van der Waals surface area contributed by atoms with Gasteiger partial charge in [-0.2, -0.15) is 0 Å². The number of nitrogens with zero attached hydrogens (tertiary/aromatic N) is 5. The zero-order valence-corrected chi connectivity index (χ0v) is 13.1. The highest BCUT2D eigenvalue weighted by atomic mass is 35.5. The number of nitrogens with one attached hydrogen (secondary N) is 1. The molecule has 3 aromatic heterocycles. The second-order valence-corrected chi connectivity index (χ2v) is 5.19. The van der Waals surface area contributed by atoms with E-state index in [1.165, 1.54) is 0 Å². The van der Waals surface area contributed by atoms with E-state index in [4.69, 9.17) is 16.3 Å². The number of benzene rings is 1. The molecule has 0 aliphatic carbocycles. The molecule has 3 heterocycles. The van der Waals surface area contributed by atoms with E-state index in [1.807, 2.05) is 36.4 Å². The van der Waals surface area contributed by atoms with Crippen molar-refractivity contribution in [1.82, 2.24) is 24.6 Å². The minimum atomic E-state index is 0.167. The van der Waals surface area contributed by atoms with Crippen LogP contribution in [0.3, 0.4) is 0 Å². The maximum atomic E-state index is 5.77. The van der Waals surface area contributed by atoms with Crippen LogP contribution in [0, 0.1) is 0 Å². The van der Waals surface area contributed by atoms with E-state index in [-0.39, 0.29) is 5.28 Å². The molecule has 118 valence electrons. The fourth-order valence-corrected chi connectivity index (χ4v) is 2.27. The summed E-state index contributed by atoms with van der Waals surface area (Å²) in [5.74, 6) is 2.34. The lowest BCUT2D eigenvalue weighted by atomic mass is 10.3. The number of para-hydroxylation sites is 1. The van der Waals surface area contributed by atoms with Gasteiger partial charge in [0.25, 0.3) is 0 Å². The quantitative estimate of drug-likeness (QED) is 0.571. The van der Waals surface area contributed by atoms with Gasteiger partial charge in [0.2, 0.25) is 11.2 Å². The molecule has 0 unspecified atom stereocenters. The number of fused-ring (bicyclic) bond motifs is 1. The Balaban J connectivity index is 1.59.